The van der Waals surface area contributed by atoms with Crippen molar-refractivity contribution in [3.63, 3.8) is 0 Å². The zero-order valence-corrected chi connectivity index (χ0v) is 13.7. The fourth-order valence-electron chi connectivity index (χ4n) is 2.55. The molecule has 118 valence electrons. The first-order valence-corrected chi connectivity index (χ1v) is 8.30. The highest BCUT2D eigenvalue weighted by atomic mass is 32.1. The second-order valence-electron chi connectivity index (χ2n) is 5.30. The summed E-state index contributed by atoms with van der Waals surface area (Å²) in [5, 5.41) is 3.94. The van der Waals surface area contributed by atoms with E-state index in [1.165, 1.54) is 0 Å². The van der Waals surface area contributed by atoms with Crippen LogP contribution in [-0.4, -0.2) is 17.9 Å². The highest BCUT2D eigenvalue weighted by Gasteiger charge is 2.27. The van der Waals surface area contributed by atoms with Gasteiger partial charge in [-0.15, -0.1) is 0 Å². The Morgan fingerprint density at radius 1 is 1.17 bits per heavy atom. The van der Waals surface area contributed by atoms with Crippen LogP contribution >= 0.6 is 11.3 Å². The quantitative estimate of drug-likeness (QED) is 0.664. The molecule has 24 heavy (non-hydrogen) atoms. The first kappa shape index (κ1) is 14.7. The Balaban J connectivity index is 1.67. The molecule has 3 heterocycles. The average molecular weight is 335 g/mol. The van der Waals surface area contributed by atoms with Gasteiger partial charge in [-0.3, -0.25) is 4.79 Å². The minimum Gasteiger partial charge on any atom is -0.481 e. The minimum absolute atomic E-state index is 0.0874. The molecule has 0 amide bonds. The van der Waals surface area contributed by atoms with Gasteiger partial charge in [-0.2, -0.15) is 11.3 Å². The van der Waals surface area contributed by atoms with Gasteiger partial charge in [0.25, 0.3) is 0 Å². The lowest BCUT2D eigenvalue weighted by Crippen LogP contribution is -1.97. The highest BCUT2D eigenvalue weighted by Crippen LogP contribution is 2.35. The number of methoxy groups -OCH3 is 1. The van der Waals surface area contributed by atoms with E-state index in [0.717, 1.165) is 16.7 Å². The molecule has 0 saturated heterocycles. The van der Waals surface area contributed by atoms with Crippen LogP contribution in [0.25, 0.3) is 17.2 Å². The summed E-state index contributed by atoms with van der Waals surface area (Å²) in [6.45, 7) is 0. The number of thiophene rings is 1. The van der Waals surface area contributed by atoms with Crippen molar-refractivity contribution in [3.05, 3.63) is 70.2 Å². The van der Waals surface area contributed by atoms with Crippen LogP contribution in [0.2, 0.25) is 0 Å². The monoisotopic (exact) mass is 335 g/mol. The van der Waals surface area contributed by atoms with E-state index in [-0.39, 0.29) is 5.78 Å². The largest absolute Gasteiger partial charge is 0.481 e. The molecule has 4 nitrogen and oxygen atoms in total. The summed E-state index contributed by atoms with van der Waals surface area (Å²) >= 11 is 1.58. The summed E-state index contributed by atoms with van der Waals surface area (Å²) in [5.41, 5.74) is 3.43. The van der Waals surface area contributed by atoms with Crippen LogP contribution in [-0.2, 0) is 0 Å². The number of benzene rings is 1. The Labute approximate surface area is 143 Å². The minimum atomic E-state index is -0.0874. The first-order valence-electron chi connectivity index (χ1n) is 7.35. The zero-order chi connectivity index (χ0) is 16.5. The molecule has 0 fully saturated rings. The predicted octanol–water partition coefficient (Wildman–Crippen LogP) is 4.43. The van der Waals surface area contributed by atoms with Gasteiger partial charge in [0, 0.05) is 17.8 Å². The van der Waals surface area contributed by atoms with Crippen molar-refractivity contribution >= 4 is 23.2 Å². The summed E-state index contributed by atoms with van der Waals surface area (Å²) in [7, 11) is 1.58. The van der Waals surface area contributed by atoms with E-state index >= 15 is 0 Å². The Bertz CT molecular complexity index is 928. The lowest BCUT2D eigenvalue weighted by molar-refractivity contribution is 0.101. The molecule has 0 saturated carbocycles. The third-order valence-electron chi connectivity index (χ3n) is 3.79. The number of ketones is 1. The van der Waals surface area contributed by atoms with Crippen molar-refractivity contribution in [3.8, 4) is 22.8 Å². The van der Waals surface area contributed by atoms with Gasteiger partial charge < -0.3 is 9.47 Å². The van der Waals surface area contributed by atoms with E-state index < -0.39 is 0 Å². The molecule has 0 unspecified atom stereocenters. The maximum absolute atomic E-state index is 12.4. The number of allylic oxidation sites excluding steroid dienone is 1. The molecule has 2 aromatic heterocycles. The highest BCUT2D eigenvalue weighted by molar-refractivity contribution is 7.08. The molecule has 0 N–H and O–H groups in total. The molecule has 0 atom stereocenters. The van der Waals surface area contributed by atoms with Gasteiger partial charge in [0.1, 0.15) is 5.75 Å². The standard InChI is InChI=1S/C19H13NO3S/c1-22-18-5-3-14(10-20-18)13-2-4-15-16(9-13)23-17(19(15)21)8-12-6-7-24-11-12/h2-11H,1H3/b17-8-. The normalized spacial score (nSPS) is 14.5. The number of carbonyl (C=O) groups is 1. The maximum atomic E-state index is 12.4. The summed E-state index contributed by atoms with van der Waals surface area (Å²) in [5.74, 6) is 1.41. The summed E-state index contributed by atoms with van der Waals surface area (Å²) < 4.78 is 10.8. The number of carbonyl (C=O) groups excluding carboxylic acids is 1. The molecule has 1 aliphatic heterocycles. The fraction of sp³-hybridized carbons (Fsp3) is 0.0526. The lowest BCUT2D eigenvalue weighted by atomic mass is 10.0. The molecule has 1 aromatic carbocycles. The van der Waals surface area contributed by atoms with Gasteiger partial charge in [0.15, 0.2) is 5.76 Å². The number of nitrogens with zero attached hydrogens (tertiary/aromatic N) is 1. The smallest absolute Gasteiger partial charge is 0.231 e. The topological polar surface area (TPSA) is 48.4 Å². The van der Waals surface area contributed by atoms with Crippen molar-refractivity contribution in [2.24, 2.45) is 0 Å². The van der Waals surface area contributed by atoms with Crippen LogP contribution in [0.15, 0.2) is 59.1 Å². The number of rotatable bonds is 3. The Morgan fingerprint density at radius 3 is 2.75 bits per heavy atom. The first-order chi connectivity index (χ1) is 11.7. The van der Waals surface area contributed by atoms with Crippen molar-refractivity contribution < 1.29 is 14.3 Å². The van der Waals surface area contributed by atoms with E-state index in [9.17, 15) is 4.79 Å². The molecule has 4 rings (SSSR count). The molecule has 0 aliphatic carbocycles. The number of Topliss-reactive ketones (excluding diaryl/α,β-unsaturated/α-hetero) is 1. The summed E-state index contributed by atoms with van der Waals surface area (Å²) in [6.07, 6.45) is 3.51. The lowest BCUT2D eigenvalue weighted by Gasteiger charge is -2.04. The molecule has 3 aromatic rings. The molecule has 0 spiro atoms. The molecular formula is C19H13NO3S. The van der Waals surface area contributed by atoms with E-state index in [0.29, 0.717) is 23.0 Å². The van der Waals surface area contributed by atoms with Crippen molar-refractivity contribution in [1.82, 2.24) is 4.98 Å². The predicted molar refractivity (Wildman–Crippen MR) is 93.5 cm³/mol. The number of pyridine rings is 1. The van der Waals surface area contributed by atoms with Crippen molar-refractivity contribution in [2.75, 3.05) is 7.11 Å². The van der Waals surface area contributed by atoms with Crippen LogP contribution < -0.4 is 9.47 Å². The number of aromatic nitrogens is 1. The fourth-order valence-corrected chi connectivity index (χ4v) is 3.16. The van der Waals surface area contributed by atoms with Gasteiger partial charge in [-0.05, 0) is 52.2 Å². The van der Waals surface area contributed by atoms with Gasteiger partial charge in [-0.25, -0.2) is 4.98 Å². The zero-order valence-electron chi connectivity index (χ0n) is 12.9. The number of ether oxygens (including phenoxy) is 2. The molecule has 0 radical (unpaired) electrons. The van der Waals surface area contributed by atoms with Gasteiger partial charge in [0.05, 0.1) is 12.7 Å². The van der Waals surface area contributed by atoms with Crippen molar-refractivity contribution in [1.29, 1.82) is 0 Å². The van der Waals surface area contributed by atoms with E-state index in [1.54, 1.807) is 42.9 Å². The third-order valence-corrected chi connectivity index (χ3v) is 4.49. The van der Waals surface area contributed by atoms with E-state index in [4.69, 9.17) is 9.47 Å². The average Bonchev–Trinajstić information content (AvgIpc) is 3.24. The van der Waals surface area contributed by atoms with E-state index in [2.05, 4.69) is 4.98 Å². The van der Waals surface area contributed by atoms with Crippen LogP contribution in [0.4, 0.5) is 0 Å². The second kappa shape index (κ2) is 5.94. The third kappa shape index (κ3) is 2.59. The van der Waals surface area contributed by atoms with Crippen LogP contribution in [0.5, 0.6) is 11.6 Å². The molecular weight excluding hydrogens is 322 g/mol. The van der Waals surface area contributed by atoms with Gasteiger partial charge >= 0.3 is 0 Å². The van der Waals surface area contributed by atoms with Gasteiger partial charge in [-0.1, -0.05) is 6.07 Å². The SMILES string of the molecule is COc1ccc(-c2ccc3c(c2)O/C(=C\c2ccsc2)C3=O)cn1. The Hall–Kier alpha value is -2.92. The van der Waals surface area contributed by atoms with E-state index in [1.807, 2.05) is 35.0 Å². The summed E-state index contributed by atoms with van der Waals surface area (Å²) in [4.78, 5) is 16.6. The van der Waals surface area contributed by atoms with Crippen molar-refractivity contribution in [2.45, 2.75) is 0 Å². The number of hydrogen-bond donors (Lipinski definition) is 0. The van der Waals surface area contributed by atoms with Crippen LogP contribution in [0.3, 0.4) is 0 Å². The van der Waals surface area contributed by atoms with Crippen LogP contribution in [0, 0.1) is 0 Å². The molecule has 0 bridgehead atoms. The second-order valence-corrected chi connectivity index (χ2v) is 6.08. The van der Waals surface area contributed by atoms with Gasteiger partial charge in [0.2, 0.25) is 11.7 Å². The Kier molecular flexibility index (Phi) is 3.63. The number of hydrogen-bond acceptors (Lipinski definition) is 5. The molecule has 5 heteroatoms. The number of fused-ring (bicyclic) bond motifs is 1. The Morgan fingerprint density at radius 2 is 2.04 bits per heavy atom. The molecule has 1 aliphatic rings. The van der Waals surface area contributed by atoms with Crippen LogP contribution in [0.1, 0.15) is 15.9 Å². The maximum Gasteiger partial charge on any atom is 0.231 e. The summed E-state index contributed by atoms with van der Waals surface area (Å²) in [6, 6.07) is 11.2.